The Labute approximate surface area is 107 Å². The van der Waals surface area contributed by atoms with Crippen LogP contribution in [0.15, 0.2) is 0 Å². The number of nitrogens with zero attached hydrogens (tertiary/aromatic N) is 2. The zero-order valence-electron chi connectivity index (χ0n) is 11.6. The minimum absolute atomic E-state index is 0.801. The highest BCUT2D eigenvalue weighted by Crippen LogP contribution is 2.17. The van der Waals surface area contributed by atoms with Crippen LogP contribution in [0.25, 0.3) is 0 Å². The minimum atomic E-state index is 0.801. The van der Waals surface area contributed by atoms with Crippen LogP contribution in [0.1, 0.15) is 32.1 Å². The van der Waals surface area contributed by atoms with Crippen LogP contribution < -0.4 is 5.32 Å². The van der Waals surface area contributed by atoms with E-state index in [2.05, 4.69) is 29.2 Å². The molecule has 100 valence electrons. The molecule has 0 aromatic heterocycles. The van der Waals surface area contributed by atoms with Gasteiger partial charge in [0.25, 0.3) is 0 Å². The Morgan fingerprint density at radius 3 is 2.94 bits per heavy atom. The maximum atomic E-state index is 3.46. The molecule has 1 N–H and O–H groups in total. The fraction of sp³-hybridized carbons (Fsp3) is 1.00. The molecular weight excluding hydrogens is 210 g/mol. The van der Waals surface area contributed by atoms with Gasteiger partial charge in [-0.15, -0.1) is 0 Å². The second-order valence-corrected chi connectivity index (χ2v) is 6.04. The predicted octanol–water partition coefficient (Wildman–Crippen LogP) is 1.40. The molecule has 0 aliphatic carbocycles. The van der Waals surface area contributed by atoms with Gasteiger partial charge in [-0.05, 0) is 78.3 Å². The quantitative estimate of drug-likeness (QED) is 0.782. The summed E-state index contributed by atoms with van der Waals surface area (Å²) in [4.78, 5) is 5.07. The Morgan fingerprint density at radius 1 is 1.35 bits per heavy atom. The highest BCUT2D eigenvalue weighted by molar-refractivity contribution is 4.78. The predicted molar refractivity (Wildman–Crippen MR) is 73.4 cm³/mol. The van der Waals surface area contributed by atoms with Crippen molar-refractivity contribution in [1.29, 1.82) is 0 Å². The van der Waals surface area contributed by atoms with Gasteiger partial charge in [-0.1, -0.05) is 0 Å². The lowest BCUT2D eigenvalue weighted by Gasteiger charge is -2.36. The zero-order valence-corrected chi connectivity index (χ0v) is 11.6. The van der Waals surface area contributed by atoms with Gasteiger partial charge in [-0.2, -0.15) is 0 Å². The van der Waals surface area contributed by atoms with Crippen LogP contribution in [0.5, 0.6) is 0 Å². The molecule has 3 nitrogen and oxygen atoms in total. The smallest absolute Gasteiger partial charge is 0.0220 e. The SMILES string of the molecule is CN1CCCC(N(C)CCCC2CCNC2)C1. The normalized spacial score (nSPS) is 31.2. The van der Waals surface area contributed by atoms with Gasteiger partial charge >= 0.3 is 0 Å². The lowest BCUT2D eigenvalue weighted by atomic mass is 10.0. The van der Waals surface area contributed by atoms with Crippen LogP contribution in [0.4, 0.5) is 0 Å². The Morgan fingerprint density at radius 2 is 2.24 bits per heavy atom. The van der Waals surface area contributed by atoms with Crippen molar-refractivity contribution in [3.05, 3.63) is 0 Å². The van der Waals surface area contributed by atoms with Gasteiger partial charge in [0, 0.05) is 12.6 Å². The minimum Gasteiger partial charge on any atom is -0.316 e. The maximum Gasteiger partial charge on any atom is 0.0220 e. The van der Waals surface area contributed by atoms with Gasteiger partial charge < -0.3 is 15.1 Å². The average Bonchev–Trinajstić information content (AvgIpc) is 2.82. The molecule has 2 saturated heterocycles. The highest BCUT2D eigenvalue weighted by atomic mass is 15.2. The van der Waals surface area contributed by atoms with E-state index in [1.54, 1.807) is 0 Å². The Kier molecular flexibility index (Phi) is 5.26. The average molecular weight is 239 g/mol. The topological polar surface area (TPSA) is 18.5 Å². The van der Waals surface area contributed by atoms with Crippen LogP contribution in [-0.4, -0.2) is 62.7 Å². The molecule has 0 bridgehead atoms. The van der Waals surface area contributed by atoms with Gasteiger partial charge in [-0.3, -0.25) is 0 Å². The Balaban J connectivity index is 1.60. The van der Waals surface area contributed by atoms with Crippen molar-refractivity contribution in [2.45, 2.75) is 38.1 Å². The van der Waals surface area contributed by atoms with E-state index in [0.29, 0.717) is 0 Å². The summed E-state index contributed by atoms with van der Waals surface area (Å²) < 4.78 is 0. The number of nitrogens with one attached hydrogen (secondary N) is 1. The van der Waals surface area contributed by atoms with Crippen LogP contribution in [-0.2, 0) is 0 Å². The molecule has 2 unspecified atom stereocenters. The lowest BCUT2D eigenvalue weighted by Crippen LogP contribution is -2.45. The highest BCUT2D eigenvalue weighted by Gasteiger charge is 2.21. The third-order valence-corrected chi connectivity index (χ3v) is 4.51. The molecule has 3 heteroatoms. The molecule has 0 radical (unpaired) electrons. The third kappa shape index (κ3) is 4.23. The number of hydrogen-bond acceptors (Lipinski definition) is 3. The molecule has 17 heavy (non-hydrogen) atoms. The van der Waals surface area contributed by atoms with Crippen molar-refractivity contribution in [3.63, 3.8) is 0 Å². The van der Waals surface area contributed by atoms with Crippen LogP contribution in [0.3, 0.4) is 0 Å². The van der Waals surface area contributed by atoms with Crippen LogP contribution in [0.2, 0.25) is 0 Å². The largest absolute Gasteiger partial charge is 0.316 e. The zero-order chi connectivity index (χ0) is 12.1. The molecule has 2 heterocycles. The molecule has 0 saturated carbocycles. The van der Waals surface area contributed by atoms with Gasteiger partial charge in [-0.25, -0.2) is 0 Å². The summed E-state index contributed by atoms with van der Waals surface area (Å²) in [6, 6.07) is 0.801. The summed E-state index contributed by atoms with van der Waals surface area (Å²) in [5, 5.41) is 3.46. The second kappa shape index (κ2) is 6.72. The molecule has 0 aromatic carbocycles. The van der Waals surface area contributed by atoms with E-state index in [4.69, 9.17) is 0 Å². The van der Waals surface area contributed by atoms with Crippen molar-refractivity contribution in [1.82, 2.24) is 15.1 Å². The van der Waals surface area contributed by atoms with Crippen molar-refractivity contribution in [2.75, 3.05) is 46.8 Å². The van der Waals surface area contributed by atoms with E-state index in [1.807, 2.05) is 0 Å². The summed E-state index contributed by atoms with van der Waals surface area (Å²) >= 11 is 0. The first-order chi connectivity index (χ1) is 8.25. The van der Waals surface area contributed by atoms with Crippen molar-refractivity contribution in [3.8, 4) is 0 Å². The van der Waals surface area contributed by atoms with Crippen LogP contribution >= 0.6 is 0 Å². The van der Waals surface area contributed by atoms with E-state index in [0.717, 1.165) is 12.0 Å². The van der Waals surface area contributed by atoms with Gasteiger partial charge in [0.1, 0.15) is 0 Å². The summed E-state index contributed by atoms with van der Waals surface area (Å²) in [6.45, 7) is 6.35. The van der Waals surface area contributed by atoms with Crippen LogP contribution in [0, 0.1) is 5.92 Å². The second-order valence-electron chi connectivity index (χ2n) is 6.04. The Hall–Kier alpha value is -0.120. The molecule has 0 amide bonds. The van der Waals surface area contributed by atoms with E-state index in [1.165, 1.54) is 64.8 Å². The van der Waals surface area contributed by atoms with Gasteiger partial charge in [0.15, 0.2) is 0 Å². The summed E-state index contributed by atoms with van der Waals surface area (Å²) in [5.41, 5.74) is 0. The molecule has 2 atom stereocenters. The number of rotatable bonds is 5. The van der Waals surface area contributed by atoms with E-state index in [-0.39, 0.29) is 0 Å². The molecule has 2 fully saturated rings. The van der Waals surface area contributed by atoms with Crippen molar-refractivity contribution < 1.29 is 0 Å². The molecule has 2 aliphatic heterocycles. The molecule has 0 spiro atoms. The number of piperidine rings is 1. The summed E-state index contributed by atoms with van der Waals surface area (Å²) in [6.07, 6.45) is 6.96. The molecular formula is C14H29N3. The number of hydrogen-bond donors (Lipinski definition) is 1. The monoisotopic (exact) mass is 239 g/mol. The molecule has 2 aliphatic rings. The fourth-order valence-electron chi connectivity index (χ4n) is 3.27. The molecule has 2 rings (SSSR count). The van der Waals surface area contributed by atoms with Gasteiger partial charge in [0.2, 0.25) is 0 Å². The Bertz CT molecular complexity index is 214. The van der Waals surface area contributed by atoms with Gasteiger partial charge in [0.05, 0.1) is 0 Å². The standard InChI is InChI=1S/C14H29N3/c1-16-9-4-6-14(12-16)17(2)10-3-5-13-7-8-15-11-13/h13-15H,3-12H2,1-2H3. The summed E-state index contributed by atoms with van der Waals surface area (Å²) in [5.74, 6) is 0.956. The maximum absolute atomic E-state index is 3.46. The first-order valence-corrected chi connectivity index (χ1v) is 7.35. The van der Waals surface area contributed by atoms with E-state index in [9.17, 15) is 0 Å². The van der Waals surface area contributed by atoms with E-state index >= 15 is 0 Å². The first-order valence-electron chi connectivity index (χ1n) is 7.35. The molecule has 0 aromatic rings. The van der Waals surface area contributed by atoms with E-state index < -0.39 is 0 Å². The third-order valence-electron chi connectivity index (χ3n) is 4.51. The summed E-state index contributed by atoms with van der Waals surface area (Å²) in [7, 11) is 4.57. The number of likely N-dealkylation sites (tertiary alicyclic amines) is 1. The first kappa shape index (κ1) is 13.3. The van der Waals surface area contributed by atoms with Crippen molar-refractivity contribution in [2.24, 2.45) is 5.92 Å². The number of likely N-dealkylation sites (N-methyl/N-ethyl adjacent to an activating group) is 2. The fourth-order valence-corrected chi connectivity index (χ4v) is 3.27. The van der Waals surface area contributed by atoms with Crippen molar-refractivity contribution >= 4 is 0 Å². The lowest BCUT2D eigenvalue weighted by molar-refractivity contribution is 0.132.